The summed E-state index contributed by atoms with van der Waals surface area (Å²) in [6.07, 6.45) is 0.689. The number of carboxylic acid groups (broad SMARTS) is 1. The second-order valence-corrected chi connectivity index (χ2v) is 4.91. The first-order valence-electron chi connectivity index (χ1n) is 5.29. The minimum absolute atomic E-state index is 0.0119. The molecule has 0 aromatic heterocycles. The van der Waals surface area contributed by atoms with Gasteiger partial charge in [0, 0.05) is 4.90 Å². The van der Waals surface area contributed by atoms with Crippen molar-refractivity contribution < 1.29 is 14.7 Å². The van der Waals surface area contributed by atoms with Gasteiger partial charge in [-0.1, -0.05) is 19.1 Å². The SMILES string of the molecule is CCC(Sc1ccc(CC(=O)O)cc1)C(N)=O. The number of hydrogen-bond acceptors (Lipinski definition) is 3. The van der Waals surface area contributed by atoms with Crippen LogP contribution in [0, 0.1) is 0 Å². The molecule has 0 radical (unpaired) electrons. The Morgan fingerprint density at radius 2 is 1.94 bits per heavy atom. The molecule has 0 saturated carbocycles. The third-order valence-electron chi connectivity index (χ3n) is 2.25. The molecule has 0 aliphatic rings. The van der Waals surface area contributed by atoms with Crippen LogP contribution in [0.1, 0.15) is 18.9 Å². The highest BCUT2D eigenvalue weighted by molar-refractivity contribution is 8.00. The van der Waals surface area contributed by atoms with Crippen LogP contribution in [0.5, 0.6) is 0 Å². The van der Waals surface area contributed by atoms with Crippen molar-refractivity contribution in [1.82, 2.24) is 0 Å². The zero-order valence-electron chi connectivity index (χ0n) is 9.55. The molecule has 0 bridgehead atoms. The first kappa shape index (κ1) is 13.6. The number of carbonyl (C=O) groups is 2. The number of hydrogen-bond donors (Lipinski definition) is 2. The molecule has 0 fully saturated rings. The topological polar surface area (TPSA) is 80.4 Å². The minimum Gasteiger partial charge on any atom is -0.481 e. The minimum atomic E-state index is -0.853. The van der Waals surface area contributed by atoms with E-state index in [0.29, 0.717) is 6.42 Å². The number of carboxylic acids is 1. The molecule has 0 aliphatic heterocycles. The van der Waals surface area contributed by atoms with Crippen molar-refractivity contribution in [3.63, 3.8) is 0 Å². The van der Waals surface area contributed by atoms with Gasteiger partial charge in [0.25, 0.3) is 0 Å². The van der Waals surface area contributed by atoms with Crippen molar-refractivity contribution in [2.24, 2.45) is 5.73 Å². The molecule has 1 unspecified atom stereocenters. The summed E-state index contributed by atoms with van der Waals surface area (Å²) in [6, 6.07) is 7.14. The third kappa shape index (κ3) is 4.48. The highest BCUT2D eigenvalue weighted by Gasteiger charge is 2.14. The average molecular weight is 253 g/mol. The smallest absolute Gasteiger partial charge is 0.307 e. The van der Waals surface area contributed by atoms with Crippen molar-refractivity contribution in [1.29, 1.82) is 0 Å². The van der Waals surface area contributed by atoms with Gasteiger partial charge < -0.3 is 10.8 Å². The molecule has 1 aromatic carbocycles. The second-order valence-electron chi connectivity index (χ2n) is 3.63. The Bertz CT molecular complexity index is 403. The van der Waals surface area contributed by atoms with Crippen LogP contribution in [0.3, 0.4) is 0 Å². The van der Waals surface area contributed by atoms with Crippen molar-refractivity contribution in [3.05, 3.63) is 29.8 Å². The summed E-state index contributed by atoms with van der Waals surface area (Å²) in [6.45, 7) is 1.90. The number of aliphatic carboxylic acids is 1. The molecule has 0 saturated heterocycles. The van der Waals surface area contributed by atoms with Crippen molar-refractivity contribution >= 4 is 23.6 Å². The Morgan fingerprint density at radius 1 is 1.35 bits per heavy atom. The normalized spacial score (nSPS) is 12.1. The molecule has 0 heterocycles. The highest BCUT2D eigenvalue weighted by Crippen LogP contribution is 2.25. The molecule has 1 atom stereocenters. The van der Waals surface area contributed by atoms with E-state index in [2.05, 4.69) is 0 Å². The first-order chi connectivity index (χ1) is 8.02. The number of benzene rings is 1. The fraction of sp³-hybridized carbons (Fsp3) is 0.333. The third-order valence-corrected chi connectivity index (χ3v) is 3.64. The second kappa shape index (κ2) is 6.30. The molecule has 17 heavy (non-hydrogen) atoms. The predicted octanol–water partition coefficient (Wildman–Crippen LogP) is 1.67. The van der Waals surface area contributed by atoms with Crippen LogP contribution >= 0.6 is 11.8 Å². The summed E-state index contributed by atoms with van der Waals surface area (Å²) >= 11 is 1.40. The maximum Gasteiger partial charge on any atom is 0.307 e. The standard InChI is InChI=1S/C12H15NO3S/c1-2-10(12(13)16)17-9-5-3-8(4-6-9)7-11(14)15/h3-6,10H,2,7H2,1H3,(H2,13,16)(H,14,15). The number of rotatable bonds is 6. The molecule has 3 N–H and O–H groups in total. The molecular formula is C12H15NO3S. The largest absolute Gasteiger partial charge is 0.481 e. The van der Waals surface area contributed by atoms with Crippen LogP contribution in [0.4, 0.5) is 0 Å². The number of primary amides is 1. The molecule has 1 amide bonds. The van der Waals surface area contributed by atoms with E-state index in [1.165, 1.54) is 11.8 Å². The van der Waals surface area contributed by atoms with E-state index in [1.807, 2.05) is 19.1 Å². The zero-order chi connectivity index (χ0) is 12.8. The number of amides is 1. The van der Waals surface area contributed by atoms with Gasteiger partial charge in [0.2, 0.25) is 5.91 Å². The molecule has 0 spiro atoms. The number of nitrogens with two attached hydrogens (primary N) is 1. The van der Waals surface area contributed by atoms with Gasteiger partial charge in [-0.15, -0.1) is 11.8 Å². The quantitative estimate of drug-likeness (QED) is 0.756. The van der Waals surface area contributed by atoms with Gasteiger partial charge in [0.15, 0.2) is 0 Å². The van der Waals surface area contributed by atoms with Gasteiger partial charge >= 0.3 is 5.97 Å². The van der Waals surface area contributed by atoms with Gasteiger partial charge in [-0.3, -0.25) is 9.59 Å². The molecule has 0 aliphatic carbocycles. The molecule has 1 aromatic rings. The lowest BCUT2D eigenvalue weighted by Gasteiger charge is -2.10. The Morgan fingerprint density at radius 3 is 2.35 bits per heavy atom. The maximum atomic E-state index is 11.1. The average Bonchev–Trinajstić information content (AvgIpc) is 2.26. The lowest BCUT2D eigenvalue weighted by atomic mass is 10.2. The zero-order valence-corrected chi connectivity index (χ0v) is 10.4. The van der Waals surface area contributed by atoms with Crippen LogP contribution in [0.25, 0.3) is 0 Å². The van der Waals surface area contributed by atoms with E-state index < -0.39 is 5.97 Å². The van der Waals surface area contributed by atoms with Crippen LogP contribution in [-0.4, -0.2) is 22.2 Å². The van der Waals surface area contributed by atoms with Crippen LogP contribution in [0.2, 0.25) is 0 Å². The highest BCUT2D eigenvalue weighted by atomic mass is 32.2. The van der Waals surface area contributed by atoms with E-state index in [9.17, 15) is 9.59 Å². The maximum absolute atomic E-state index is 11.1. The molecule has 5 heteroatoms. The number of thioether (sulfide) groups is 1. The summed E-state index contributed by atoms with van der Waals surface area (Å²) in [5, 5.41) is 8.39. The van der Waals surface area contributed by atoms with E-state index in [-0.39, 0.29) is 17.6 Å². The summed E-state index contributed by atoms with van der Waals surface area (Å²) in [5.74, 6) is -1.18. The van der Waals surface area contributed by atoms with Crippen LogP contribution in [0.15, 0.2) is 29.2 Å². The Balaban J connectivity index is 2.67. The predicted molar refractivity (Wildman–Crippen MR) is 66.9 cm³/mol. The van der Waals surface area contributed by atoms with E-state index in [1.54, 1.807) is 12.1 Å². The van der Waals surface area contributed by atoms with Gasteiger partial charge in [0.1, 0.15) is 0 Å². The van der Waals surface area contributed by atoms with Crippen LogP contribution in [-0.2, 0) is 16.0 Å². The molecule has 92 valence electrons. The fourth-order valence-electron chi connectivity index (χ4n) is 1.37. The Kier molecular flexibility index (Phi) is 5.03. The monoisotopic (exact) mass is 253 g/mol. The first-order valence-corrected chi connectivity index (χ1v) is 6.17. The summed E-state index contributed by atoms with van der Waals surface area (Å²) in [7, 11) is 0. The van der Waals surface area contributed by atoms with Crippen LogP contribution < -0.4 is 5.73 Å². The van der Waals surface area contributed by atoms with E-state index >= 15 is 0 Å². The van der Waals surface area contributed by atoms with Gasteiger partial charge in [-0.2, -0.15) is 0 Å². The lowest BCUT2D eigenvalue weighted by molar-refractivity contribution is -0.136. The van der Waals surface area contributed by atoms with Crippen molar-refractivity contribution in [2.45, 2.75) is 29.9 Å². The Labute approximate surface area is 104 Å². The van der Waals surface area contributed by atoms with E-state index in [4.69, 9.17) is 10.8 Å². The van der Waals surface area contributed by atoms with Gasteiger partial charge in [0.05, 0.1) is 11.7 Å². The summed E-state index contributed by atoms with van der Waals surface area (Å²) < 4.78 is 0. The summed E-state index contributed by atoms with van der Waals surface area (Å²) in [5.41, 5.74) is 6.00. The van der Waals surface area contributed by atoms with Gasteiger partial charge in [-0.25, -0.2) is 0 Å². The molecule has 4 nitrogen and oxygen atoms in total. The van der Waals surface area contributed by atoms with Gasteiger partial charge in [-0.05, 0) is 24.1 Å². The molecule has 1 rings (SSSR count). The van der Waals surface area contributed by atoms with Crippen molar-refractivity contribution in [3.8, 4) is 0 Å². The molecular weight excluding hydrogens is 238 g/mol. The fourth-order valence-corrected chi connectivity index (χ4v) is 2.27. The lowest BCUT2D eigenvalue weighted by Crippen LogP contribution is -2.24. The summed E-state index contributed by atoms with van der Waals surface area (Å²) in [4.78, 5) is 22.5. The number of carbonyl (C=O) groups excluding carboxylic acids is 1. The van der Waals surface area contributed by atoms with Crippen molar-refractivity contribution in [2.75, 3.05) is 0 Å². The van der Waals surface area contributed by atoms with E-state index in [0.717, 1.165) is 10.5 Å². The Hall–Kier alpha value is -1.49.